The molecule has 1 heterocycles. The van der Waals surface area contributed by atoms with Crippen LogP contribution < -0.4 is 4.31 Å². The van der Waals surface area contributed by atoms with Crippen LogP contribution in [0.25, 0.3) is 0 Å². The molecular formula is C20H24N2O4S. The van der Waals surface area contributed by atoms with Crippen molar-refractivity contribution in [1.29, 1.82) is 0 Å². The Morgan fingerprint density at radius 2 is 1.67 bits per heavy atom. The van der Waals surface area contributed by atoms with Crippen molar-refractivity contribution in [3.8, 4) is 0 Å². The lowest BCUT2D eigenvalue weighted by molar-refractivity contribution is 0.0303. The Morgan fingerprint density at radius 1 is 1.04 bits per heavy atom. The fourth-order valence-electron chi connectivity index (χ4n) is 3.03. The van der Waals surface area contributed by atoms with Gasteiger partial charge in [0, 0.05) is 25.2 Å². The Balaban J connectivity index is 1.85. The highest BCUT2D eigenvalue weighted by Crippen LogP contribution is 2.24. The van der Waals surface area contributed by atoms with Crippen molar-refractivity contribution >= 4 is 21.6 Å². The molecular weight excluding hydrogens is 364 g/mol. The van der Waals surface area contributed by atoms with Gasteiger partial charge in [0.15, 0.2) is 0 Å². The SMILES string of the molecule is CCCN(c1ccc(C(=O)N2CCOCC2)cc1)S(=O)(=O)c1ccccc1. The summed E-state index contributed by atoms with van der Waals surface area (Å²) in [6.07, 6.45) is 0.681. The molecule has 0 unspecified atom stereocenters. The first kappa shape index (κ1) is 19.4. The lowest BCUT2D eigenvalue weighted by Crippen LogP contribution is -2.40. The molecule has 2 aromatic carbocycles. The van der Waals surface area contributed by atoms with E-state index in [2.05, 4.69) is 0 Å². The van der Waals surface area contributed by atoms with Crippen molar-refractivity contribution in [2.45, 2.75) is 18.2 Å². The second kappa shape index (κ2) is 8.54. The number of sulfonamides is 1. The topological polar surface area (TPSA) is 66.9 Å². The van der Waals surface area contributed by atoms with Gasteiger partial charge in [-0.15, -0.1) is 0 Å². The van der Waals surface area contributed by atoms with Crippen LogP contribution in [0.5, 0.6) is 0 Å². The van der Waals surface area contributed by atoms with Gasteiger partial charge in [-0.2, -0.15) is 0 Å². The van der Waals surface area contributed by atoms with Gasteiger partial charge in [0.1, 0.15) is 0 Å². The Hall–Kier alpha value is -2.38. The van der Waals surface area contributed by atoms with E-state index in [0.29, 0.717) is 50.5 Å². The summed E-state index contributed by atoms with van der Waals surface area (Å²) in [5.41, 5.74) is 1.11. The van der Waals surface area contributed by atoms with E-state index in [9.17, 15) is 13.2 Å². The van der Waals surface area contributed by atoms with Gasteiger partial charge < -0.3 is 9.64 Å². The van der Waals surface area contributed by atoms with E-state index >= 15 is 0 Å². The van der Waals surface area contributed by atoms with Crippen LogP contribution in [0.3, 0.4) is 0 Å². The molecule has 1 aliphatic heterocycles. The molecule has 144 valence electrons. The largest absolute Gasteiger partial charge is 0.378 e. The van der Waals surface area contributed by atoms with Crippen LogP contribution in [0.15, 0.2) is 59.5 Å². The van der Waals surface area contributed by atoms with E-state index in [0.717, 1.165) is 0 Å². The summed E-state index contributed by atoms with van der Waals surface area (Å²) in [6, 6.07) is 15.2. The molecule has 1 fully saturated rings. The molecule has 2 aromatic rings. The van der Waals surface area contributed by atoms with Gasteiger partial charge in [0.2, 0.25) is 0 Å². The summed E-state index contributed by atoms with van der Waals surface area (Å²) in [5, 5.41) is 0. The molecule has 0 bridgehead atoms. The van der Waals surface area contributed by atoms with Crippen LogP contribution >= 0.6 is 0 Å². The van der Waals surface area contributed by atoms with Crippen LogP contribution in [0, 0.1) is 0 Å². The lowest BCUT2D eigenvalue weighted by Gasteiger charge is -2.27. The molecule has 0 radical (unpaired) electrons. The first-order chi connectivity index (χ1) is 13.0. The third kappa shape index (κ3) is 4.31. The number of carbonyl (C=O) groups is 1. The summed E-state index contributed by atoms with van der Waals surface area (Å²) < 4.78 is 32.7. The van der Waals surface area contributed by atoms with E-state index in [4.69, 9.17) is 4.74 Å². The van der Waals surface area contributed by atoms with E-state index in [1.54, 1.807) is 59.5 Å². The predicted octanol–water partition coefficient (Wildman–Crippen LogP) is 2.76. The molecule has 0 aliphatic carbocycles. The minimum Gasteiger partial charge on any atom is -0.378 e. The zero-order chi connectivity index (χ0) is 19.3. The summed E-state index contributed by atoms with van der Waals surface area (Å²) in [7, 11) is -3.65. The van der Waals surface area contributed by atoms with E-state index in [1.165, 1.54) is 4.31 Å². The minimum atomic E-state index is -3.65. The molecule has 0 atom stereocenters. The van der Waals surface area contributed by atoms with Crippen LogP contribution in [0.1, 0.15) is 23.7 Å². The highest BCUT2D eigenvalue weighted by Gasteiger charge is 2.25. The van der Waals surface area contributed by atoms with Crippen LogP contribution in [0.4, 0.5) is 5.69 Å². The average molecular weight is 388 g/mol. The van der Waals surface area contributed by atoms with E-state index in [-0.39, 0.29) is 10.8 Å². The van der Waals surface area contributed by atoms with Crippen molar-refractivity contribution in [2.24, 2.45) is 0 Å². The van der Waals surface area contributed by atoms with Gasteiger partial charge in [-0.25, -0.2) is 8.42 Å². The van der Waals surface area contributed by atoms with Crippen molar-refractivity contribution in [1.82, 2.24) is 4.90 Å². The molecule has 0 saturated carbocycles. The Kier molecular flexibility index (Phi) is 6.13. The maximum atomic E-state index is 13.0. The molecule has 6 nitrogen and oxygen atoms in total. The van der Waals surface area contributed by atoms with Gasteiger partial charge >= 0.3 is 0 Å². The van der Waals surface area contributed by atoms with Crippen molar-refractivity contribution in [3.05, 3.63) is 60.2 Å². The average Bonchev–Trinajstić information content (AvgIpc) is 2.73. The zero-order valence-electron chi connectivity index (χ0n) is 15.4. The van der Waals surface area contributed by atoms with E-state index < -0.39 is 10.0 Å². The first-order valence-corrected chi connectivity index (χ1v) is 10.5. The molecule has 1 amide bonds. The number of ether oxygens (including phenoxy) is 1. The van der Waals surface area contributed by atoms with Crippen LogP contribution in [-0.4, -0.2) is 52.1 Å². The summed E-state index contributed by atoms with van der Waals surface area (Å²) in [4.78, 5) is 14.6. The van der Waals surface area contributed by atoms with Crippen LogP contribution in [-0.2, 0) is 14.8 Å². The third-order valence-electron chi connectivity index (χ3n) is 4.46. The molecule has 27 heavy (non-hydrogen) atoms. The molecule has 1 aliphatic rings. The molecule has 0 spiro atoms. The number of amides is 1. The van der Waals surface area contributed by atoms with Gasteiger partial charge in [-0.1, -0.05) is 25.1 Å². The second-order valence-corrected chi connectivity index (χ2v) is 8.20. The molecule has 1 saturated heterocycles. The monoisotopic (exact) mass is 388 g/mol. The molecule has 7 heteroatoms. The van der Waals surface area contributed by atoms with Gasteiger partial charge in [-0.05, 0) is 42.8 Å². The van der Waals surface area contributed by atoms with Crippen LogP contribution in [0.2, 0.25) is 0 Å². The number of carbonyl (C=O) groups excluding carboxylic acids is 1. The zero-order valence-corrected chi connectivity index (χ0v) is 16.2. The third-order valence-corrected chi connectivity index (χ3v) is 6.30. The maximum Gasteiger partial charge on any atom is 0.264 e. The van der Waals surface area contributed by atoms with Crippen molar-refractivity contribution in [2.75, 3.05) is 37.2 Å². The first-order valence-electron chi connectivity index (χ1n) is 9.09. The maximum absolute atomic E-state index is 13.0. The number of morpholine rings is 1. The number of anilines is 1. The predicted molar refractivity (Wildman–Crippen MR) is 104 cm³/mol. The van der Waals surface area contributed by atoms with Gasteiger partial charge in [0.25, 0.3) is 15.9 Å². The normalized spacial score (nSPS) is 14.8. The fraction of sp³-hybridized carbons (Fsp3) is 0.350. The van der Waals surface area contributed by atoms with Gasteiger partial charge in [-0.3, -0.25) is 9.10 Å². The summed E-state index contributed by atoms with van der Waals surface area (Å²) in [6.45, 7) is 4.54. The highest BCUT2D eigenvalue weighted by molar-refractivity contribution is 7.92. The number of hydrogen-bond donors (Lipinski definition) is 0. The van der Waals surface area contributed by atoms with E-state index in [1.807, 2.05) is 6.92 Å². The summed E-state index contributed by atoms with van der Waals surface area (Å²) in [5.74, 6) is -0.0576. The Bertz CT molecular complexity index is 861. The highest BCUT2D eigenvalue weighted by atomic mass is 32.2. The lowest BCUT2D eigenvalue weighted by atomic mass is 10.1. The summed E-state index contributed by atoms with van der Waals surface area (Å²) >= 11 is 0. The van der Waals surface area contributed by atoms with Gasteiger partial charge in [0.05, 0.1) is 23.8 Å². The molecule has 0 aromatic heterocycles. The quantitative estimate of drug-likeness (QED) is 0.763. The van der Waals surface area contributed by atoms with Crippen molar-refractivity contribution < 1.29 is 17.9 Å². The molecule has 3 rings (SSSR count). The smallest absolute Gasteiger partial charge is 0.264 e. The number of hydrogen-bond acceptors (Lipinski definition) is 4. The second-order valence-electron chi connectivity index (χ2n) is 6.34. The van der Waals surface area contributed by atoms with Crippen molar-refractivity contribution in [3.63, 3.8) is 0 Å². The standard InChI is InChI=1S/C20H24N2O4S/c1-2-12-22(27(24,25)19-6-4-3-5-7-19)18-10-8-17(9-11-18)20(23)21-13-15-26-16-14-21/h3-11H,2,12-16H2,1H3. The Morgan fingerprint density at radius 3 is 2.26 bits per heavy atom. The number of nitrogens with zero attached hydrogens (tertiary/aromatic N) is 2. The minimum absolute atomic E-state index is 0.0576. The molecule has 0 N–H and O–H groups in total. The number of benzene rings is 2. The number of rotatable bonds is 6. The Labute approximate surface area is 160 Å². The fourth-order valence-corrected chi connectivity index (χ4v) is 4.61.